The van der Waals surface area contributed by atoms with Gasteiger partial charge in [-0.2, -0.15) is 0 Å². The average molecular weight is 594 g/mol. The maximum absolute atomic E-state index is 13.1. The Bertz CT molecular complexity index is 1320. The number of carbonyl (C=O) groups is 3. The minimum atomic E-state index is -4.20. The molecule has 7 N–H and O–H groups in total. The maximum Gasteiger partial charge on any atom is 0.408 e. The number of hydrogen-bond acceptors (Lipinski definition) is 9. The molecule has 226 valence electrons. The number of nitrogens with one attached hydrogen (secondary N) is 3. The molecule has 0 saturated heterocycles. The number of carbonyl (C=O) groups excluding carboxylic acids is 3. The van der Waals surface area contributed by atoms with Crippen LogP contribution in [0.2, 0.25) is 0 Å². The molecule has 41 heavy (non-hydrogen) atoms. The van der Waals surface area contributed by atoms with Crippen molar-refractivity contribution in [3.8, 4) is 0 Å². The highest BCUT2D eigenvalue weighted by Crippen LogP contribution is 2.22. The highest BCUT2D eigenvalue weighted by molar-refractivity contribution is 7.90. The summed E-state index contributed by atoms with van der Waals surface area (Å²) >= 11 is 0. The topological polar surface area (TPSA) is 221 Å². The lowest BCUT2D eigenvalue weighted by molar-refractivity contribution is -0.121. The first-order valence-electron chi connectivity index (χ1n) is 13.0. The zero-order valence-corrected chi connectivity index (χ0v) is 24.7. The van der Waals surface area contributed by atoms with Gasteiger partial charge >= 0.3 is 6.09 Å². The Balaban J connectivity index is 2.21. The van der Waals surface area contributed by atoms with E-state index in [1.807, 2.05) is 18.6 Å². The van der Waals surface area contributed by atoms with Gasteiger partial charge in [0, 0.05) is 6.54 Å². The smallest absolute Gasteiger partial charge is 0.408 e. The van der Waals surface area contributed by atoms with Crippen molar-refractivity contribution in [3.05, 3.63) is 48.2 Å². The van der Waals surface area contributed by atoms with Crippen LogP contribution in [0.1, 0.15) is 76.3 Å². The fraction of sp³-hybridized carbons (Fsp3) is 0.500. The number of oxazole rings is 1. The SMILES string of the molecule is CC(C)C[C@H](NC(=O)OC(C)(C)C)c1nc(C(=O)NC(CCCN=C(N)N)C(=O)NS(=O)(=O)c2ccccc2)co1. The molecule has 2 rings (SSSR count). The molecule has 0 aliphatic carbocycles. The van der Waals surface area contributed by atoms with Crippen LogP contribution < -0.4 is 26.8 Å². The van der Waals surface area contributed by atoms with Crippen LogP contribution >= 0.6 is 0 Å². The van der Waals surface area contributed by atoms with Crippen LogP contribution in [0.15, 0.2) is 50.9 Å². The number of ether oxygens (including phenoxy) is 1. The molecule has 0 radical (unpaired) electrons. The minimum Gasteiger partial charge on any atom is -0.446 e. The van der Waals surface area contributed by atoms with E-state index in [1.54, 1.807) is 26.8 Å². The van der Waals surface area contributed by atoms with Crippen molar-refractivity contribution in [3.63, 3.8) is 0 Å². The number of nitrogens with zero attached hydrogens (tertiary/aromatic N) is 2. The predicted molar refractivity (Wildman–Crippen MR) is 151 cm³/mol. The van der Waals surface area contributed by atoms with E-state index in [1.165, 1.54) is 24.3 Å². The zero-order valence-electron chi connectivity index (χ0n) is 23.8. The molecular weight excluding hydrogens is 554 g/mol. The van der Waals surface area contributed by atoms with Gasteiger partial charge in [0.15, 0.2) is 11.7 Å². The summed E-state index contributed by atoms with van der Waals surface area (Å²) in [7, 11) is -4.20. The molecule has 0 spiro atoms. The Hall–Kier alpha value is -4.14. The van der Waals surface area contributed by atoms with Crippen LogP contribution in [0.3, 0.4) is 0 Å². The second-order valence-electron chi connectivity index (χ2n) is 10.7. The van der Waals surface area contributed by atoms with Gasteiger partial charge in [-0.1, -0.05) is 32.0 Å². The van der Waals surface area contributed by atoms with Crippen molar-refractivity contribution in [2.24, 2.45) is 22.4 Å². The summed E-state index contributed by atoms with van der Waals surface area (Å²) in [6.07, 6.45) is 1.11. The number of aromatic nitrogens is 1. The Morgan fingerprint density at radius 2 is 1.76 bits per heavy atom. The van der Waals surface area contributed by atoms with E-state index < -0.39 is 45.6 Å². The quantitative estimate of drug-likeness (QED) is 0.129. The summed E-state index contributed by atoms with van der Waals surface area (Å²) in [5.41, 5.74) is 9.78. The summed E-state index contributed by atoms with van der Waals surface area (Å²) in [6.45, 7) is 9.21. The van der Waals surface area contributed by atoms with Crippen LogP contribution in [0.5, 0.6) is 0 Å². The number of hydrogen-bond donors (Lipinski definition) is 5. The Kier molecular flexibility index (Phi) is 11.7. The lowest BCUT2D eigenvalue weighted by atomic mass is 10.0. The van der Waals surface area contributed by atoms with Crippen molar-refractivity contribution in [1.82, 2.24) is 20.3 Å². The third-order valence-electron chi connectivity index (χ3n) is 5.31. The van der Waals surface area contributed by atoms with Gasteiger partial charge in [-0.05, 0) is 58.1 Å². The molecule has 3 amide bonds. The Labute approximate surface area is 239 Å². The van der Waals surface area contributed by atoms with Gasteiger partial charge < -0.3 is 31.3 Å². The Morgan fingerprint density at radius 3 is 2.34 bits per heavy atom. The Morgan fingerprint density at radius 1 is 1.10 bits per heavy atom. The standard InChI is InChI=1S/C26H39N7O7S/c1-16(2)14-19(32-25(36)40-26(3,4)5)23-31-20(15-39-23)21(34)30-18(12-9-13-29-24(27)28)22(35)33-41(37,38)17-10-7-6-8-11-17/h6-8,10-11,15-16,18-19H,9,12-14H2,1-5H3,(H,30,34)(H,32,36)(H,33,35)(H4,27,28,29)/t18?,19-/m0/s1. The predicted octanol–water partition coefficient (Wildman–Crippen LogP) is 1.94. The number of nitrogens with two attached hydrogens (primary N) is 2. The van der Waals surface area contributed by atoms with Crippen LogP contribution in [0, 0.1) is 5.92 Å². The largest absolute Gasteiger partial charge is 0.446 e. The van der Waals surface area contributed by atoms with E-state index in [0.29, 0.717) is 6.42 Å². The van der Waals surface area contributed by atoms with Crippen LogP contribution in [0.4, 0.5) is 4.79 Å². The fourth-order valence-corrected chi connectivity index (χ4v) is 4.60. The summed E-state index contributed by atoms with van der Waals surface area (Å²) in [5, 5.41) is 5.20. The van der Waals surface area contributed by atoms with E-state index in [2.05, 4.69) is 20.6 Å². The molecule has 1 unspecified atom stereocenters. The molecule has 1 aromatic carbocycles. The third-order valence-corrected chi connectivity index (χ3v) is 6.67. The molecule has 0 bridgehead atoms. The van der Waals surface area contributed by atoms with Crippen molar-refractivity contribution in [1.29, 1.82) is 0 Å². The van der Waals surface area contributed by atoms with Crippen molar-refractivity contribution in [2.45, 2.75) is 76.5 Å². The molecule has 1 heterocycles. The molecule has 1 aromatic heterocycles. The number of sulfonamides is 1. The third kappa shape index (κ3) is 11.5. The summed E-state index contributed by atoms with van der Waals surface area (Å²) in [4.78, 5) is 46.4. The second kappa shape index (κ2) is 14.5. The van der Waals surface area contributed by atoms with Gasteiger partial charge in [-0.3, -0.25) is 14.6 Å². The van der Waals surface area contributed by atoms with Crippen molar-refractivity contribution in [2.75, 3.05) is 6.54 Å². The van der Waals surface area contributed by atoms with E-state index in [4.69, 9.17) is 20.6 Å². The van der Waals surface area contributed by atoms with Gasteiger partial charge in [0.2, 0.25) is 5.89 Å². The monoisotopic (exact) mass is 593 g/mol. The minimum absolute atomic E-state index is 0.0134. The molecule has 14 nitrogen and oxygen atoms in total. The molecule has 0 aliphatic heterocycles. The molecule has 15 heteroatoms. The lowest BCUT2D eigenvalue weighted by Gasteiger charge is -2.23. The van der Waals surface area contributed by atoms with Crippen molar-refractivity contribution < 1.29 is 32.0 Å². The van der Waals surface area contributed by atoms with Gasteiger partial charge in [0.25, 0.3) is 21.8 Å². The van der Waals surface area contributed by atoms with Gasteiger partial charge in [-0.15, -0.1) is 0 Å². The van der Waals surface area contributed by atoms with Gasteiger partial charge in [0.05, 0.1) is 4.90 Å². The zero-order chi connectivity index (χ0) is 30.8. The van der Waals surface area contributed by atoms with Crippen LogP contribution in [0.25, 0.3) is 0 Å². The number of guanidine groups is 1. The molecule has 2 atom stereocenters. The highest BCUT2D eigenvalue weighted by Gasteiger charge is 2.29. The van der Waals surface area contributed by atoms with E-state index in [-0.39, 0.29) is 47.7 Å². The molecule has 0 fully saturated rings. The lowest BCUT2D eigenvalue weighted by Crippen LogP contribution is -2.48. The van der Waals surface area contributed by atoms with E-state index in [0.717, 1.165) is 6.26 Å². The first-order chi connectivity index (χ1) is 19.1. The number of benzene rings is 1. The van der Waals surface area contributed by atoms with E-state index >= 15 is 0 Å². The summed E-state index contributed by atoms with van der Waals surface area (Å²) < 4.78 is 38.2. The first kappa shape index (κ1) is 33.1. The maximum atomic E-state index is 13.1. The van der Waals surface area contributed by atoms with Gasteiger partial charge in [-0.25, -0.2) is 22.9 Å². The number of aliphatic imine (C=N–C) groups is 1. The second-order valence-corrected chi connectivity index (χ2v) is 12.3. The molecule has 2 aromatic rings. The molecule has 0 aliphatic rings. The van der Waals surface area contributed by atoms with Gasteiger partial charge in [0.1, 0.15) is 23.9 Å². The number of amides is 3. The normalized spacial score (nSPS) is 13.1. The number of rotatable bonds is 13. The summed E-state index contributed by atoms with van der Waals surface area (Å²) in [5.74, 6) is -1.70. The van der Waals surface area contributed by atoms with Crippen LogP contribution in [-0.2, 0) is 19.6 Å². The van der Waals surface area contributed by atoms with E-state index in [9.17, 15) is 22.8 Å². The highest BCUT2D eigenvalue weighted by atomic mass is 32.2. The average Bonchev–Trinajstić information content (AvgIpc) is 3.34. The number of alkyl carbamates (subject to hydrolysis) is 1. The molecular formula is C26H39N7O7S. The molecule has 0 saturated carbocycles. The summed E-state index contributed by atoms with van der Waals surface area (Å²) in [6, 6.07) is 5.35. The first-order valence-corrected chi connectivity index (χ1v) is 14.5. The van der Waals surface area contributed by atoms with Crippen molar-refractivity contribution >= 4 is 33.9 Å². The fourth-order valence-electron chi connectivity index (χ4n) is 3.56. The van der Waals surface area contributed by atoms with Crippen LogP contribution in [-0.4, -0.2) is 55.5 Å².